The molecule has 0 aliphatic carbocycles. The fourth-order valence-corrected chi connectivity index (χ4v) is 15.6. The number of ether oxygens (including phenoxy) is 10. The van der Waals surface area contributed by atoms with Crippen LogP contribution in [0.3, 0.4) is 0 Å². The molecule has 5 aliphatic rings. The third-order valence-corrected chi connectivity index (χ3v) is 22.1. The zero-order valence-corrected chi connectivity index (χ0v) is 66.8. The van der Waals surface area contributed by atoms with E-state index in [4.69, 9.17) is 47.4 Å². The van der Waals surface area contributed by atoms with E-state index in [0.29, 0.717) is 12.8 Å². The Hall–Kier alpha value is -4.02. The zero-order valence-electron chi connectivity index (χ0n) is 66.8. The number of aliphatic hydroxyl groups excluding tert-OH is 16. The fraction of sp³-hybridized carbons (Fsp3) is 0.922. The number of carbonyl (C=O) groups is 6. The van der Waals surface area contributed by atoms with Crippen LogP contribution in [0.25, 0.3) is 0 Å². The highest BCUT2D eigenvalue weighted by atomic mass is 16.8. The summed E-state index contributed by atoms with van der Waals surface area (Å²) in [4.78, 5) is 79.2. The molecule has 0 aromatic rings. The number of carboxylic acid groups (broad SMARTS) is 2. The summed E-state index contributed by atoms with van der Waals surface area (Å²) in [7, 11) is 0. The summed E-state index contributed by atoms with van der Waals surface area (Å²) < 4.78 is 60.1. The topological polar surface area (TPSA) is 595 Å². The molecule has 5 saturated heterocycles. The average molecular weight is 1650 g/mol. The summed E-state index contributed by atoms with van der Waals surface area (Å²) in [5.41, 5.74) is 0. The van der Waals surface area contributed by atoms with Crippen LogP contribution < -0.4 is 16.0 Å². The third kappa shape index (κ3) is 30.0. The Kier molecular flexibility index (Phi) is 45.5. The monoisotopic (exact) mass is 1650 g/mol. The Morgan fingerprint density at radius 3 is 1.37 bits per heavy atom. The molecule has 0 aromatic heterocycles. The summed E-state index contributed by atoms with van der Waals surface area (Å²) in [6.07, 6.45) is -23.7. The predicted octanol–water partition coefficient (Wildman–Crippen LogP) is -1.16. The quantitative estimate of drug-likeness (QED) is 0.0319. The Morgan fingerprint density at radius 2 is 0.904 bits per heavy atom. The first-order valence-corrected chi connectivity index (χ1v) is 41.3. The molecule has 5 fully saturated rings. The van der Waals surface area contributed by atoms with Gasteiger partial charge in [-0.15, -0.1) is 0 Å². The van der Waals surface area contributed by atoms with Crippen LogP contribution in [0.1, 0.15) is 234 Å². The SMILES string of the molecule is CCCCCCCCCCCCCCCC(=O)N[C@@H](CO[C@@H]1O[C@H](CO)[C@@H](O[C@@H]2O[C@H](CO)[C@H](O[C@@H]3O[C@H](CO)[C@H](O)[C@H](O)[C@H]3CC(C)=O)[C@H](O[C@]3(C(=O)O)C[C@H](O)[C@@H](NC(C)=O)C([C@H](O)[C@@H](CO)O[C@]4(C(=O)O)C[C@H](O)[C@@H](NC(C)=O)C([C@H](O)[C@H](O)CO)O4)O3)[C@H]2O)[C@H](O)[C@H]1O)[C@H](O)CCCCCCCCCCCCCCC. The lowest BCUT2D eigenvalue weighted by atomic mass is 9.86. The summed E-state index contributed by atoms with van der Waals surface area (Å²) in [6.45, 7) is 0.773. The van der Waals surface area contributed by atoms with Gasteiger partial charge in [0.1, 0.15) is 103 Å². The van der Waals surface area contributed by atoms with Crippen molar-refractivity contribution in [2.75, 3.05) is 39.6 Å². The predicted molar refractivity (Wildman–Crippen MR) is 399 cm³/mol. The Morgan fingerprint density at radius 1 is 0.465 bits per heavy atom. The molecular formula is C77H137N3O34. The number of amides is 3. The van der Waals surface area contributed by atoms with Crippen LogP contribution >= 0.6 is 0 Å². The Bertz CT molecular complexity index is 2770. The number of rotatable bonds is 56. The molecule has 0 spiro atoms. The molecule has 114 heavy (non-hydrogen) atoms. The normalized spacial score (nSPS) is 33.6. The number of aliphatic hydroxyl groups is 16. The Balaban J connectivity index is 1.45. The van der Waals surface area contributed by atoms with Gasteiger partial charge in [0.2, 0.25) is 17.7 Å². The number of carbonyl (C=O) groups excluding carboxylic acids is 4. The lowest BCUT2D eigenvalue weighted by molar-refractivity contribution is -0.404. The van der Waals surface area contributed by atoms with Gasteiger partial charge < -0.3 is 160 Å². The minimum atomic E-state index is -3.57. The van der Waals surface area contributed by atoms with E-state index in [1.165, 1.54) is 89.9 Å². The smallest absolute Gasteiger partial charge is 0.364 e. The maximum atomic E-state index is 14.2. The van der Waals surface area contributed by atoms with Crippen molar-refractivity contribution in [3.05, 3.63) is 0 Å². The van der Waals surface area contributed by atoms with Gasteiger partial charge in [-0.3, -0.25) is 14.4 Å². The lowest BCUT2D eigenvalue weighted by Crippen LogP contribution is -2.72. The average Bonchev–Trinajstić information content (AvgIpc) is 0.747. The highest BCUT2D eigenvalue weighted by molar-refractivity contribution is 5.78. The fourth-order valence-electron chi connectivity index (χ4n) is 15.6. The number of ketones is 1. The second kappa shape index (κ2) is 51.6. The molecular weight excluding hydrogens is 1510 g/mol. The standard InChI is InChI=1S/C77H137N3O34/c1-6-8-10-12-14-16-18-20-22-24-26-28-30-32-48(89)47(80-56(93)33-31-29-27-25-23-21-19-17-15-13-11-9-7-2)42-105-72-64(99)63(98)66(54(40-84)107-72)109-73-65(100)70(67(55(41-85)108-73)110-71-46(34-43(3)86)59(94)61(96)52(38-82)106-71)114-77(75(103)104)36-50(91)58(79-45(5)88)69(113-77)62(97)53(39-83)111-76(74(101)102)35-49(90)57(78-44(4)87)68(112-76)60(95)51(92)37-81/h46-55,57-73,81-85,89-92,94-100H,6-42H2,1-5H3,(H,78,87)(H,79,88)(H,80,93)(H,101,102)(H,103,104)/t46-,47+,48-,49+,50+,51-,52-,53-,54-,55-,57-,58-,59-,60-,61+,62-,63-,64-,65-,66-,67+,68?,69?,70-,71+,72-,73+,76-,77+/m1/s1. The van der Waals surface area contributed by atoms with Crippen molar-refractivity contribution in [1.29, 1.82) is 0 Å². The van der Waals surface area contributed by atoms with Crippen LogP contribution in [0, 0.1) is 5.92 Å². The molecule has 5 aliphatic heterocycles. The van der Waals surface area contributed by atoms with Gasteiger partial charge in [-0.25, -0.2) is 9.59 Å². The first-order chi connectivity index (χ1) is 54.3. The van der Waals surface area contributed by atoms with Gasteiger partial charge in [-0.05, 0) is 19.8 Å². The second-order valence-electron chi connectivity index (χ2n) is 31.4. The van der Waals surface area contributed by atoms with E-state index in [1.807, 2.05) is 0 Å². The summed E-state index contributed by atoms with van der Waals surface area (Å²) in [6, 6.07) is -4.86. The number of Topliss-reactive ketones (excluding diaryl/α,β-unsaturated/α-hetero) is 1. The van der Waals surface area contributed by atoms with Crippen LogP contribution in [0.5, 0.6) is 0 Å². The molecule has 37 nitrogen and oxygen atoms in total. The van der Waals surface area contributed by atoms with E-state index in [0.717, 1.165) is 85.0 Å². The molecule has 2 unspecified atom stereocenters. The number of hydrogen-bond donors (Lipinski definition) is 21. The molecule has 21 N–H and O–H groups in total. The molecule has 29 atom stereocenters. The van der Waals surface area contributed by atoms with Crippen LogP contribution in [-0.4, -0.2) is 338 Å². The zero-order chi connectivity index (χ0) is 84.4. The molecule has 5 rings (SSSR count). The molecule has 3 amide bonds. The van der Waals surface area contributed by atoms with Gasteiger partial charge in [0.15, 0.2) is 18.9 Å². The maximum absolute atomic E-state index is 14.2. The van der Waals surface area contributed by atoms with Crippen molar-refractivity contribution in [3.8, 4) is 0 Å². The first kappa shape index (κ1) is 101. The van der Waals surface area contributed by atoms with Gasteiger partial charge >= 0.3 is 11.9 Å². The largest absolute Gasteiger partial charge is 0.477 e. The van der Waals surface area contributed by atoms with Crippen LogP contribution in [0.2, 0.25) is 0 Å². The number of carboxylic acids is 2. The first-order valence-electron chi connectivity index (χ1n) is 41.3. The van der Waals surface area contributed by atoms with Crippen molar-refractivity contribution >= 4 is 35.4 Å². The minimum Gasteiger partial charge on any atom is -0.477 e. The van der Waals surface area contributed by atoms with Gasteiger partial charge in [0.05, 0.1) is 82.2 Å². The molecule has 37 heteroatoms. The summed E-state index contributed by atoms with van der Waals surface area (Å²) in [5.74, 6) is -15.8. The minimum absolute atomic E-state index is 0.139. The van der Waals surface area contributed by atoms with Gasteiger partial charge in [-0.1, -0.05) is 174 Å². The van der Waals surface area contributed by atoms with Crippen molar-refractivity contribution in [2.45, 2.75) is 404 Å². The van der Waals surface area contributed by atoms with Crippen molar-refractivity contribution in [3.63, 3.8) is 0 Å². The number of nitrogens with one attached hydrogen (secondary N) is 3. The van der Waals surface area contributed by atoms with Gasteiger partial charge in [-0.2, -0.15) is 0 Å². The highest BCUT2D eigenvalue weighted by Gasteiger charge is 2.64. The van der Waals surface area contributed by atoms with Crippen LogP contribution in [0.15, 0.2) is 0 Å². The van der Waals surface area contributed by atoms with E-state index in [-0.39, 0.29) is 18.7 Å². The van der Waals surface area contributed by atoms with Crippen molar-refractivity contribution in [1.82, 2.24) is 16.0 Å². The van der Waals surface area contributed by atoms with Gasteiger partial charge in [0.25, 0.3) is 11.6 Å². The second-order valence-corrected chi connectivity index (χ2v) is 31.4. The Labute approximate surface area is 666 Å². The lowest BCUT2D eigenvalue weighted by Gasteiger charge is -2.52. The van der Waals surface area contributed by atoms with E-state index >= 15 is 0 Å². The summed E-state index contributed by atoms with van der Waals surface area (Å²) >= 11 is 0. The molecule has 0 bridgehead atoms. The highest BCUT2D eigenvalue weighted by Crippen LogP contribution is 2.43. The molecule has 0 aromatic carbocycles. The molecule has 0 radical (unpaired) electrons. The summed E-state index contributed by atoms with van der Waals surface area (Å²) in [5, 5.41) is 211. The van der Waals surface area contributed by atoms with E-state index in [2.05, 4.69) is 29.8 Å². The third-order valence-electron chi connectivity index (χ3n) is 22.1. The number of hydrogen-bond acceptors (Lipinski definition) is 32. The molecule has 5 heterocycles. The number of unbranched alkanes of at least 4 members (excludes halogenated alkanes) is 24. The molecule has 664 valence electrons. The van der Waals surface area contributed by atoms with E-state index in [9.17, 15) is 121 Å². The number of aliphatic carboxylic acids is 2. The maximum Gasteiger partial charge on any atom is 0.364 e. The van der Waals surface area contributed by atoms with E-state index in [1.54, 1.807) is 0 Å². The van der Waals surface area contributed by atoms with E-state index < -0.39 is 265 Å². The van der Waals surface area contributed by atoms with Crippen LogP contribution in [0.4, 0.5) is 0 Å². The van der Waals surface area contributed by atoms with Gasteiger partial charge in [0, 0.05) is 45.4 Å². The van der Waals surface area contributed by atoms with Crippen LogP contribution in [-0.2, 0) is 76.1 Å². The van der Waals surface area contributed by atoms with Crippen molar-refractivity contribution < 1.29 is 168 Å². The molecule has 0 saturated carbocycles. The van der Waals surface area contributed by atoms with Crippen molar-refractivity contribution in [2.24, 2.45) is 5.92 Å².